The van der Waals surface area contributed by atoms with E-state index >= 15 is 0 Å². The molecule has 2 aromatic carbocycles. The van der Waals surface area contributed by atoms with Crippen molar-refractivity contribution in [3.63, 3.8) is 0 Å². The second-order valence-electron chi connectivity index (χ2n) is 5.83. The van der Waals surface area contributed by atoms with Gasteiger partial charge in [-0.3, -0.25) is 0 Å². The molecule has 1 N–H and O–H groups in total. The zero-order chi connectivity index (χ0) is 16.8. The minimum atomic E-state index is -0.686. The zero-order valence-electron chi connectivity index (χ0n) is 13.5. The van der Waals surface area contributed by atoms with Gasteiger partial charge in [-0.1, -0.05) is 24.3 Å². The summed E-state index contributed by atoms with van der Waals surface area (Å²) >= 11 is 0. The number of ether oxygens (including phenoxy) is 3. The number of benzene rings is 2. The summed E-state index contributed by atoms with van der Waals surface area (Å²) in [6.07, 6.45) is 1.72. The molecule has 120 valence electrons. The molecule has 0 radical (unpaired) electrons. The number of carbonyl (C=O) groups excluding carboxylic acids is 1. The van der Waals surface area contributed by atoms with Gasteiger partial charge in [0.2, 0.25) is 0 Å². The molecule has 0 aromatic heterocycles. The lowest BCUT2D eigenvalue weighted by Gasteiger charge is -2.34. The zero-order valence-corrected chi connectivity index (χ0v) is 13.5. The number of hydrogen-bond acceptors (Lipinski definition) is 5. The standard InChI is InChI=1S/C18H18O5/c1-18(2)13(21-3)9-12-14(17(20)22-4)15(19)10-7-5-6-8-11(10)16(12)23-18/h5-9,19H,1-4H3. The normalized spacial score (nSPS) is 15.4. The van der Waals surface area contributed by atoms with Crippen LogP contribution in [0.5, 0.6) is 11.5 Å². The lowest BCUT2D eigenvalue weighted by molar-refractivity contribution is 0.0589. The predicted molar refractivity (Wildman–Crippen MR) is 86.6 cm³/mol. The highest BCUT2D eigenvalue weighted by Crippen LogP contribution is 2.46. The Morgan fingerprint density at radius 3 is 2.43 bits per heavy atom. The second kappa shape index (κ2) is 5.19. The molecule has 0 saturated heterocycles. The van der Waals surface area contributed by atoms with Crippen molar-refractivity contribution in [2.24, 2.45) is 0 Å². The lowest BCUT2D eigenvalue weighted by atomic mass is 9.92. The molecule has 5 heteroatoms. The van der Waals surface area contributed by atoms with Crippen molar-refractivity contribution in [2.75, 3.05) is 14.2 Å². The van der Waals surface area contributed by atoms with Gasteiger partial charge in [0.1, 0.15) is 22.8 Å². The number of hydrogen-bond donors (Lipinski definition) is 1. The molecule has 0 aliphatic carbocycles. The van der Waals surface area contributed by atoms with E-state index in [4.69, 9.17) is 14.2 Å². The van der Waals surface area contributed by atoms with Gasteiger partial charge in [0.05, 0.1) is 14.2 Å². The third-order valence-corrected chi connectivity index (χ3v) is 4.01. The molecular formula is C18H18O5. The highest BCUT2D eigenvalue weighted by atomic mass is 16.5. The van der Waals surface area contributed by atoms with Crippen molar-refractivity contribution in [2.45, 2.75) is 19.4 Å². The molecular weight excluding hydrogens is 296 g/mol. The van der Waals surface area contributed by atoms with Crippen LogP contribution in [0.2, 0.25) is 0 Å². The SMILES string of the molecule is COC(=O)c1c2c(c3ccccc3c1O)OC(C)(C)C(OC)=C2. The Labute approximate surface area is 134 Å². The highest BCUT2D eigenvalue weighted by molar-refractivity contribution is 6.08. The average molecular weight is 314 g/mol. The molecule has 2 aromatic rings. The van der Waals surface area contributed by atoms with Gasteiger partial charge >= 0.3 is 5.97 Å². The first-order valence-electron chi connectivity index (χ1n) is 7.22. The first-order valence-corrected chi connectivity index (χ1v) is 7.22. The number of aromatic hydroxyl groups is 1. The van der Waals surface area contributed by atoms with E-state index < -0.39 is 11.6 Å². The number of rotatable bonds is 2. The molecule has 1 heterocycles. The van der Waals surface area contributed by atoms with E-state index in [1.54, 1.807) is 25.3 Å². The number of phenolic OH excluding ortho intramolecular Hbond substituents is 1. The van der Waals surface area contributed by atoms with Crippen LogP contribution >= 0.6 is 0 Å². The summed E-state index contributed by atoms with van der Waals surface area (Å²) < 4.78 is 16.3. The van der Waals surface area contributed by atoms with Gasteiger partial charge in [-0.2, -0.15) is 0 Å². The van der Waals surface area contributed by atoms with Crippen LogP contribution in [-0.2, 0) is 9.47 Å². The first kappa shape index (κ1) is 15.2. The van der Waals surface area contributed by atoms with E-state index in [9.17, 15) is 9.90 Å². The van der Waals surface area contributed by atoms with E-state index in [1.165, 1.54) is 7.11 Å². The number of methoxy groups -OCH3 is 2. The summed E-state index contributed by atoms with van der Waals surface area (Å²) in [5.74, 6) is 0.343. The summed E-state index contributed by atoms with van der Waals surface area (Å²) in [6, 6.07) is 7.23. The van der Waals surface area contributed by atoms with Gasteiger partial charge in [0.25, 0.3) is 0 Å². The summed E-state index contributed by atoms with van der Waals surface area (Å²) in [5.41, 5.74) is -0.148. The van der Waals surface area contributed by atoms with Crippen LogP contribution in [-0.4, -0.2) is 30.9 Å². The van der Waals surface area contributed by atoms with Crippen molar-refractivity contribution in [3.8, 4) is 11.5 Å². The molecule has 0 saturated carbocycles. The van der Waals surface area contributed by atoms with Gasteiger partial charge in [0.15, 0.2) is 5.60 Å². The Bertz CT molecular complexity index is 833. The summed E-state index contributed by atoms with van der Waals surface area (Å²) in [7, 11) is 2.82. The van der Waals surface area contributed by atoms with Crippen molar-refractivity contribution >= 4 is 22.8 Å². The Morgan fingerprint density at radius 1 is 1.17 bits per heavy atom. The van der Waals surface area contributed by atoms with Crippen LogP contribution in [0.4, 0.5) is 0 Å². The van der Waals surface area contributed by atoms with Gasteiger partial charge in [0, 0.05) is 16.3 Å². The fourth-order valence-corrected chi connectivity index (χ4v) is 2.88. The molecule has 0 amide bonds. The Kier molecular flexibility index (Phi) is 3.43. The smallest absolute Gasteiger partial charge is 0.342 e. The number of carbonyl (C=O) groups is 1. The number of fused-ring (bicyclic) bond motifs is 3. The maximum atomic E-state index is 12.2. The quantitative estimate of drug-likeness (QED) is 0.860. The lowest BCUT2D eigenvalue weighted by Crippen LogP contribution is -2.34. The minimum Gasteiger partial charge on any atom is -0.506 e. The molecule has 0 unspecified atom stereocenters. The monoisotopic (exact) mass is 314 g/mol. The predicted octanol–water partition coefficient (Wildman–Crippen LogP) is 3.49. The molecule has 0 fully saturated rings. The van der Waals surface area contributed by atoms with E-state index in [-0.39, 0.29) is 11.3 Å². The van der Waals surface area contributed by atoms with Crippen LogP contribution in [0.3, 0.4) is 0 Å². The molecule has 23 heavy (non-hydrogen) atoms. The Morgan fingerprint density at radius 2 is 1.83 bits per heavy atom. The molecule has 1 aliphatic heterocycles. The van der Waals surface area contributed by atoms with Crippen molar-refractivity contribution in [1.82, 2.24) is 0 Å². The third-order valence-electron chi connectivity index (χ3n) is 4.01. The van der Waals surface area contributed by atoms with Gasteiger partial charge in [-0.05, 0) is 19.9 Å². The Hall–Kier alpha value is -2.69. The highest BCUT2D eigenvalue weighted by Gasteiger charge is 2.36. The van der Waals surface area contributed by atoms with Crippen LogP contribution < -0.4 is 4.74 Å². The molecule has 0 atom stereocenters. The molecule has 3 rings (SSSR count). The van der Waals surface area contributed by atoms with Gasteiger partial charge in [-0.25, -0.2) is 4.79 Å². The summed E-state index contributed by atoms with van der Waals surface area (Å²) in [6.45, 7) is 3.76. The summed E-state index contributed by atoms with van der Waals surface area (Å²) in [5, 5.41) is 11.8. The second-order valence-corrected chi connectivity index (χ2v) is 5.83. The molecule has 0 bridgehead atoms. The van der Waals surface area contributed by atoms with Crippen LogP contribution in [0.1, 0.15) is 29.8 Å². The number of phenols is 1. The minimum absolute atomic E-state index is 0.0752. The maximum Gasteiger partial charge on any atom is 0.342 e. The number of esters is 1. The van der Waals surface area contributed by atoms with E-state index in [0.29, 0.717) is 22.5 Å². The average Bonchev–Trinajstić information content (AvgIpc) is 2.54. The summed E-state index contributed by atoms with van der Waals surface area (Å²) in [4.78, 5) is 12.2. The fraction of sp³-hybridized carbons (Fsp3) is 0.278. The topological polar surface area (TPSA) is 65.0 Å². The van der Waals surface area contributed by atoms with Crippen molar-refractivity contribution in [1.29, 1.82) is 0 Å². The largest absolute Gasteiger partial charge is 0.506 e. The maximum absolute atomic E-state index is 12.2. The molecule has 5 nitrogen and oxygen atoms in total. The molecule has 0 spiro atoms. The Balaban J connectivity index is 2.45. The van der Waals surface area contributed by atoms with Crippen LogP contribution in [0.15, 0.2) is 30.0 Å². The van der Waals surface area contributed by atoms with E-state index in [0.717, 1.165) is 5.39 Å². The first-order chi connectivity index (χ1) is 10.9. The fourth-order valence-electron chi connectivity index (χ4n) is 2.88. The van der Waals surface area contributed by atoms with Crippen LogP contribution in [0.25, 0.3) is 16.8 Å². The molecule has 1 aliphatic rings. The third kappa shape index (κ3) is 2.20. The van der Waals surface area contributed by atoms with Gasteiger partial charge < -0.3 is 19.3 Å². The van der Waals surface area contributed by atoms with E-state index in [2.05, 4.69) is 0 Å². The van der Waals surface area contributed by atoms with Crippen molar-refractivity contribution < 1.29 is 24.1 Å². The van der Waals surface area contributed by atoms with Crippen LogP contribution in [0, 0.1) is 0 Å². The van der Waals surface area contributed by atoms with Crippen molar-refractivity contribution in [3.05, 3.63) is 41.2 Å². The van der Waals surface area contributed by atoms with E-state index in [1.807, 2.05) is 26.0 Å². The van der Waals surface area contributed by atoms with Gasteiger partial charge in [-0.15, -0.1) is 0 Å².